The zero-order valence-corrected chi connectivity index (χ0v) is 15.4. The van der Waals surface area contributed by atoms with Crippen LogP contribution in [0.5, 0.6) is 5.75 Å². The van der Waals surface area contributed by atoms with E-state index in [-0.39, 0.29) is 23.7 Å². The Hall–Kier alpha value is -1.60. The van der Waals surface area contributed by atoms with E-state index in [1.54, 1.807) is 18.2 Å². The first-order valence-corrected chi connectivity index (χ1v) is 10.9. The van der Waals surface area contributed by atoms with Crippen LogP contribution in [0, 0.1) is 11.3 Å². The van der Waals surface area contributed by atoms with Crippen LogP contribution in [0.4, 0.5) is 5.69 Å². The molecule has 0 aromatic heterocycles. The molecule has 6 nitrogen and oxygen atoms in total. The zero-order valence-electron chi connectivity index (χ0n) is 14.6. The molecule has 2 fully saturated rings. The van der Waals surface area contributed by atoms with Gasteiger partial charge in [0.15, 0.2) is 9.84 Å². The number of amides is 1. The number of nitrogens with one attached hydrogen (secondary N) is 2. The van der Waals surface area contributed by atoms with Crippen molar-refractivity contribution < 1.29 is 17.9 Å². The molecule has 0 radical (unpaired) electrons. The van der Waals surface area contributed by atoms with Crippen LogP contribution in [0.2, 0.25) is 0 Å². The maximum atomic E-state index is 13.0. The van der Waals surface area contributed by atoms with Gasteiger partial charge in [-0.1, -0.05) is 18.9 Å². The Kier molecular flexibility index (Phi) is 5.34. The lowest BCUT2D eigenvalue weighted by molar-refractivity contribution is -0.128. The number of fused-ring (bicyclic) bond motifs is 1. The van der Waals surface area contributed by atoms with E-state index in [1.165, 1.54) is 12.7 Å². The molecule has 0 unspecified atom stereocenters. The molecule has 2 atom stereocenters. The Labute approximate surface area is 149 Å². The molecule has 7 heteroatoms. The maximum absolute atomic E-state index is 13.0. The molecule has 0 spiro atoms. The lowest BCUT2D eigenvalue weighted by Gasteiger charge is -2.37. The number of hydrogen-bond acceptors (Lipinski definition) is 5. The summed E-state index contributed by atoms with van der Waals surface area (Å²) in [6.07, 6.45) is 5.52. The van der Waals surface area contributed by atoms with E-state index in [2.05, 4.69) is 10.6 Å². The molecule has 1 saturated carbocycles. The monoisotopic (exact) mass is 366 g/mol. The van der Waals surface area contributed by atoms with Gasteiger partial charge in [0.2, 0.25) is 5.91 Å². The summed E-state index contributed by atoms with van der Waals surface area (Å²) >= 11 is 0. The first kappa shape index (κ1) is 18.2. The van der Waals surface area contributed by atoms with Crippen LogP contribution >= 0.6 is 0 Å². The third-order valence-electron chi connectivity index (χ3n) is 5.31. The predicted molar refractivity (Wildman–Crippen MR) is 97.5 cm³/mol. The molecular weight excluding hydrogens is 340 g/mol. The minimum Gasteiger partial charge on any atom is -0.492 e. The van der Waals surface area contributed by atoms with Gasteiger partial charge in [-0.2, -0.15) is 0 Å². The quantitative estimate of drug-likeness (QED) is 0.802. The third kappa shape index (κ3) is 4.33. The SMILES string of the molecule is CS(=O)(=O)CCOc1cccc(NC(=O)[C@@]23CCCC[C@H]2CNC3)c1. The van der Waals surface area contributed by atoms with Gasteiger partial charge >= 0.3 is 0 Å². The predicted octanol–water partition coefficient (Wildman–Crippen LogP) is 1.83. The molecule has 2 aliphatic rings. The van der Waals surface area contributed by atoms with Crippen LogP contribution in [0.25, 0.3) is 0 Å². The topological polar surface area (TPSA) is 84.5 Å². The Morgan fingerprint density at radius 1 is 1.40 bits per heavy atom. The summed E-state index contributed by atoms with van der Waals surface area (Å²) in [6, 6.07) is 7.14. The summed E-state index contributed by atoms with van der Waals surface area (Å²) in [4.78, 5) is 13.0. The number of carbonyl (C=O) groups excluding carboxylic acids is 1. The van der Waals surface area contributed by atoms with E-state index in [4.69, 9.17) is 4.74 Å². The molecule has 1 heterocycles. The van der Waals surface area contributed by atoms with E-state index in [9.17, 15) is 13.2 Å². The molecule has 1 aliphatic heterocycles. The highest BCUT2D eigenvalue weighted by molar-refractivity contribution is 7.90. The van der Waals surface area contributed by atoms with Crippen molar-refractivity contribution in [1.82, 2.24) is 5.32 Å². The number of ether oxygens (including phenoxy) is 1. The van der Waals surface area contributed by atoms with Gasteiger partial charge < -0.3 is 15.4 Å². The first-order chi connectivity index (χ1) is 11.9. The van der Waals surface area contributed by atoms with Crippen LogP contribution < -0.4 is 15.4 Å². The number of anilines is 1. The lowest BCUT2D eigenvalue weighted by Crippen LogP contribution is -2.44. The van der Waals surface area contributed by atoms with Gasteiger partial charge in [-0.3, -0.25) is 4.79 Å². The summed E-state index contributed by atoms with van der Waals surface area (Å²) in [5.41, 5.74) is 0.387. The number of rotatable bonds is 6. The standard InChI is InChI=1S/C18H26N2O4S/c1-25(22,23)10-9-24-16-7-4-6-15(11-16)20-17(21)18-8-3-2-5-14(18)12-19-13-18/h4,6-7,11,14,19H,2-3,5,8-10,12-13H2,1H3,(H,20,21)/t14-,18+/m0/s1. The van der Waals surface area contributed by atoms with E-state index >= 15 is 0 Å². The summed E-state index contributed by atoms with van der Waals surface area (Å²) in [7, 11) is -3.05. The Bertz CT molecular complexity index is 734. The number of benzene rings is 1. The number of hydrogen-bond donors (Lipinski definition) is 2. The molecule has 0 bridgehead atoms. The Morgan fingerprint density at radius 2 is 2.24 bits per heavy atom. The molecule has 1 aromatic carbocycles. The number of sulfone groups is 1. The van der Waals surface area contributed by atoms with Gasteiger partial charge in [-0.15, -0.1) is 0 Å². The minimum absolute atomic E-state index is 0.0277. The second kappa shape index (κ2) is 7.33. The highest BCUT2D eigenvalue weighted by Crippen LogP contribution is 2.44. The van der Waals surface area contributed by atoms with Crippen molar-refractivity contribution in [1.29, 1.82) is 0 Å². The van der Waals surface area contributed by atoms with Gasteiger partial charge in [-0.25, -0.2) is 8.42 Å². The lowest BCUT2D eigenvalue weighted by atomic mass is 9.67. The van der Waals surface area contributed by atoms with Crippen LogP contribution in [0.3, 0.4) is 0 Å². The second-order valence-corrected chi connectivity index (χ2v) is 9.45. The molecule has 1 aliphatic carbocycles. The average Bonchev–Trinajstić information content (AvgIpc) is 2.99. The van der Waals surface area contributed by atoms with Gasteiger partial charge in [0, 0.05) is 24.6 Å². The minimum atomic E-state index is -3.05. The van der Waals surface area contributed by atoms with Crippen molar-refractivity contribution in [3.05, 3.63) is 24.3 Å². The van der Waals surface area contributed by atoms with Crippen LogP contribution in [-0.2, 0) is 14.6 Å². The van der Waals surface area contributed by atoms with Crippen molar-refractivity contribution in [2.75, 3.05) is 37.0 Å². The summed E-state index contributed by atoms with van der Waals surface area (Å²) in [6.45, 7) is 1.77. The smallest absolute Gasteiger partial charge is 0.232 e. The Morgan fingerprint density at radius 3 is 3.04 bits per heavy atom. The summed E-state index contributed by atoms with van der Waals surface area (Å²) in [5.74, 6) is 1.02. The second-order valence-electron chi connectivity index (χ2n) is 7.19. The van der Waals surface area contributed by atoms with Gasteiger partial charge in [0.1, 0.15) is 12.4 Å². The third-order valence-corrected chi connectivity index (χ3v) is 6.21. The van der Waals surface area contributed by atoms with E-state index in [1.807, 2.05) is 6.07 Å². The summed E-state index contributed by atoms with van der Waals surface area (Å²) in [5, 5.41) is 6.43. The van der Waals surface area contributed by atoms with Gasteiger partial charge in [-0.05, 0) is 37.4 Å². The molecule has 3 rings (SSSR count). The fraction of sp³-hybridized carbons (Fsp3) is 0.611. The molecule has 138 valence electrons. The zero-order chi connectivity index (χ0) is 17.9. The average molecular weight is 366 g/mol. The van der Waals surface area contributed by atoms with Gasteiger partial charge in [0.25, 0.3) is 0 Å². The molecule has 1 aromatic rings. The molecule has 1 amide bonds. The first-order valence-electron chi connectivity index (χ1n) is 8.82. The highest BCUT2D eigenvalue weighted by atomic mass is 32.2. The fourth-order valence-corrected chi connectivity index (χ4v) is 4.31. The normalized spacial score (nSPS) is 26.0. The van der Waals surface area contributed by atoms with Crippen LogP contribution in [-0.4, -0.2) is 46.0 Å². The largest absolute Gasteiger partial charge is 0.492 e. The molecule has 1 saturated heterocycles. The van der Waals surface area contributed by atoms with Crippen molar-refractivity contribution in [2.45, 2.75) is 25.7 Å². The molecular formula is C18H26N2O4S. The van der Waals surface area contributed by atoms with E-state index < -0.39 is 9.84 Å². The van der Waals surface area contributed by atoms with Crippen molar-refractivity contribution in [3.8, 4) is 5.75 Å². The van der Waals surface area contributed by atoms with E-state index in [0.717, 1.165) is 32.4 Å². The van der Waals surface area contributed by atoms with Crippen molar-refractivity contribution >= 4 is 21.4 Å². The van der Waals surface area contributed by atoms with Crippen LogP contribution in [0.1, 0.15) is 25.7 Å². The molecule has 2 N–H and O–H groups in total. The fourth-order valence-electron chi connectivity index (χ4n) is 3.92. The molecule has 25 heavy (non-hydrogen) atoms. The summed E-state index contributed by atoms with van der Waals surface area (Å²) < 4.78 is 27.8. The van der Waals surface area contributed by atoms with Crippen molar-refractivity contribution in [2.24, 2.45) is 11.3 Å². The van der Waals surface area contributed by atoms with E-state index in [0.29, 0.717) is 17.4 Å². The van der Waals surface area contributed by atoms with Gasteiger partial charge in [0.05, 0.1) is 11.2 Å². The highest BCUT2D eigenvalue weighted by Gasteiger charge is 2.49. The maximum Gasteiger partial charge on any atom is 0.232 e. The van der Waals surface area contributed by atoms with Crippen LogP contribution in [0.15, 0.2) is 24.3 Å². The van der Waals surface area contributed by atoms with Crippen molar-refractivity contribution in [3.63, 3.8) is 0 Å². The number of carbonyl (C=O) groups is 1. The Balaban J connectivity index is 1.64.